The van der Waals surface area contributed by atoms with Crippen LogP contribution in [0.4, 0.5) is 0 Å². The van der Waals surface area contributed by atoms with Crippen molar-refractivity contribution in [2.24, 2.45) is 51.8 Å². The Morgan fingerprint density at radius 3 is 1.00 bits per heavy atom. The minimum atomic E-state index is -0.0384. The molecule has 2 atom stereocenters. The SMILES string of the molecule is C1=CC2C3=NC4=NC(=NC5=NC(=NC6=NC(=NC(=N3)C2C=C1)c1ccccc16)c1ccccc15)c1ccccc14. The molecule has 5 aliphatic heterocycles. The molecule has 8 bridgehead atoms. The molecule has 0 saturated heterocycles. The van der Waals surface area contributed by atoms with Crippen molar-refractivity contribution < 1.29 is 0 Å². The van der Waals surface area contributed by atoms with Crippen molar-refractivity contribution in [3.8, 4) is 0 Å². The van der Waals surface area contributed by atoms with Crippen LogP contribution in [0, 0.1) is 11.8 Å². The molecule has 0 radical (unpaired) electrons. The fourth-order valence-corrected chi connectivity index (χ4v) is 5.78. The van der Waals surface area contributed by atoms with Gasteiger partial charge in [-0.3, -0.25) is 0 Å². The Morgan fingerprint density at radius 2 is 0.625 bits per heavy atom. The van der Waals surface area contributed by atoms with Gasteiger partial charge in [-0.1, -0.05) is 97.1 Å². The Bertz CT molecular complexity index is 2010. The molecule has 6 aliphatic rings. The molecule has 3 aromatic carbocycles. The molecule has 0 aromatic heterocycles. The highest BCUT2D eigenvalue weighted by molar-refractivity contribution is 6.33. The van der Waals surface area contributed by atoms with Crippen LogP contribution in [0.1, 0.15) is 33.4 Å². The Morgan fingerprint density at radius 1 is 0.325 bits per heavy atom. The largest absolute Gasteiger partial charge is 0.217 e. The molecule has 0 fully saturated rings. The summed E-state index contributed by atoms with van der Waals surface area (Å²) in [6.07, 6.45) is 8.31. The third-order valence-electron chi connectivity index (χ3n) is 7.69. The Balaban J connectivity index is 1.34. The maximum atomic E-state index is 5.01. The van der Waals surface area contributed by atoms with Gasteiger partial charge in [-0.25, -0.2) is 39.9 Å². The second-order valence-corrected chi connectivity index (χ2v) is 10.0. The maximum Gasteiger partial charge on any atom is 0.164 e. The van der Waals surface area contributed by atoms with Gasteiger partial charge in [-0.15, -0.1) is 0 Å². The third-order valence-corrected chi connectivity index (χ3v) is 7.69. The number of amidine groups is 8. The Kier molecular flexibility index (Phi) is 4.29. The molecule has 0 amide bonds. The number of rotatable bonds is 0. The van der Waals surface area contributed by atoms with E-state index in [-0.39, 0.29) is 11.8 Å². The lowest BCUT2D eigenvalue weighted by molar-refractivity contribution is 0.760. The predicted molar refractivity (Wildman–Crippen MR) is 159 cm³/mol. The van der Waals surface area contributed by atoms with E-state index in [0.29, 0.717) is 46.7 Å². The molecule has 2 unspecified atom stereocenters. The summed E-state index contributed by atoms with van der Waals surface area (Å²) in [6.45, 7) is 0. The molecule has 5 heterocycles. The van der Waals surface area contributed by atoms with E-state index in [4.69, 9.17) is 39.9 Å². The molecule has 8 heteroatoms. The van der Waals surface area contributed by atoms with Crippen molar-refractivity contribution in [1.29, 1.82) is 0 Å². The molecule has 186 valence electrons. The summed E-state index contributed by atoms with van der Waals surface area (Å²) in [5.41, 5.74) is 5.45. The Hall–Kier alpha value is -5.50. The van der Waals surface area contributed by atoms with Crippen molar-refractivity contribution in [3.63, 3.8) is 0 Å². The van der Waals surface area contributed by atoms with Crippen LogP contribution in [0.2, 0.25) is 0 Å². The molecule has 0 spiro atoms. The average Bonchev–Trinajstić information content (AvgIpc) is 3.73. The van der Waals surface area contributed by atoms with E-state index >= 15 is 0 Å². The van der Waals surface area contributed by atoms with Crippen LogP contribution in [0.5, 0.6) is 0 Å². The zero-order chi connectivity index (χ0) is 26.2. The van der Waals surface area contributed by atoms with E-state index < -0.39 is 0 Å². The number of aliphatic imine (C=N–C) groups is 8. The fraction of sp³-hybridized carbons (Fsp3) is 0.0625. The highest BCUT2D eigenvalue weighted by atomic mass is 15.1. The minimum Gasteiger partial charge on any atom is -0.217 e. The Labute approximate surface area is 228 Å². The summed E-state index contributed by atoms with van der Waals surface area (Å²) in [5, 5.41) is 0. The van der Waals surface area contributed by atoms with Crippen molar-refractivity contribution in [3.05, 3.63) is 130 Å². The van der Waals surface area contributed by atoms with Gasteiger partial charge >= 0.3 is 0 Å². The van der Waals surface area contributed by atoms with Crippen molar-refractivity contribution >= 4 is 46.7 Å². The van der Waals surface area contributed by atoms with E-state index in [9.17, 15) is 0 Å². The summed E-state index contributed by atoms with van der Waals surface area (Å²) in [6, 6.07) is 24.0. The topological polar surface area (TPSA) is 98.9 Å². The van der Waals surface area contributed by atoms with Crippen LogP contribution in [0.25, 0.3) is 0 Å². The minimum absolute atomic E-state index is 0.0384. The van der Waals surface area contributed by atoms with E-state index in [2.05, 4.69) is 12.2 Å². The quantitative estimate of drug-likeness (QED) is 0.412. The van der Waals surface area contributed by atoms with Crippen LogP contribution >= 0.6 is 0 Å². The molecule has 3 aromatic rings. The molecular formula is C32H18N8. The predicted octanol–water partition coefficient (Wildman–Crippen LogP) is 4.79. The van der Waals surface area contributed by atoms with Gasteiger partial charge in [0.2, 0.25) is 0 Å². The van der Waals surface area contributed by atoms with E-state index in [1.165, 1.54) is 0 Å². The summed E-state index contributed by atoms with van der Waals surface area (Å²) < 4.78 is 0. The first-order chi connectivity index (χ1) is 19.8. The monoisotopic (exact) mass is 514 g/mol. The van der Waals surface area contributed by atoms with Gasteiger partial charge < -0.3 is 0 Å². The van der Waals surface area contributed by atoms with E-state index in [1.54, 1.807) is 0 Å². The number of fused-ring (bicyclic) bond motifs is 16. The lowest BCUT2D eigenvalue weighted by Crippen LogP contribution is -2.19. The van der Waals surface area contributed by atoms with Gasteiger partial charge in [0.05, 0.1) is 11.8 Å². The summed E-state index contributed by atoms with van der Waals surface area (Å²) in [4.78, 5) is 39.5. The van der Waals surface area contributed by atoms with Gasteiger partial charge in [0.1, 0.15) is 11.7 Å². The van der Waals surface area contributed by atoms with Crippen molar-refractivity contribution in [1.82, 2.24) is 0 Å². The van der Waals surface area contributed by atoms with Crippen LogP contribution < -0.4 is 0 Å². The first-order valence-corrected chi connectivity index (χ1v) is 13.1. The van der Waals surface area contributed by atoms with Crippen LogP contribution in [0.15, 0.2) is 137 Å². The summed E-state index contributed by atoms with van der Waals surface area (Å²) in [7, 11) is 0. The molecule has 9 rings (SSSR count). The van der Waals surface area contributed by atoms with Gasteiger partial charge in [0, 0.05) is 33.4 Å². The first-order valence-electron chi connectivity index (χ1n) is 13.1. The third kappa shape index (κ3) is 3.07. The average molecular weight is 515 g/mol. The maximum absolute atomic E-state index is 5.01. The molecule has 0 saturated carbocycles. The van der Waals surface area contributed by atoms with Crippen molar-refractivity contribution in [2.45, 2.75) is 0 Å². The molecular weight excluding hydrogens is 496 g/mol. The second-order valence-electron chi connectivity index (χ2n) is 10.0. The number of hydrogen-bond acceptors (Lipinski definition) is 8. The van der Waals surface area contributed by atoms with Gasteiger partial charge in [0.15, 0.2) is 35.0 Å². The van der Waals surface area contributed by atoms with Crippen LogP contribution in [-0.4, -0.2) is 46.7 Å². The number of benzene rings is 3. The fourth-order valence-electron chi connectivity index (χ4n) is 5.78. The van der Waals surface area contributed by atoms with Crippen LogP contribution in [-0.2, 0) is 0 Å². The normalized spacial score (nSPS) is 22.5. The van der Waals surface area contributed by atoms with E-state index in [0.717, 1.165) is 33.4 Å². The molecule has 8 nitrogen and oxygen atoms in total. The smallest absolute Gasteiger partial charge is 0.164 e. The van der Waals surface area contributed by atoms with Crippen molar-refractivity contribution in [2.75, 3.05) is 0 Å². The number of allylic oxidation sites excluding steroid dienone is 2. The molecule has 0 N–H and O–H groups in total. The van der Waals surface area contributed by atoms with E-state index in [1.807, 2.05) is 84.9 Å². The highest BCUT2D eigenvalue weighted by Crippen LogP contribution is 2.33. The zero-order valence-electron chi connectivity index (χ0n) is 21.0. The van der Waals surface area contributed by atoms with Gasteiger partial charge in [-0.05, 0) is 0 Å². The zero-order valence-corrected chi connectivity index (χ0v) is 21.0. The first kappa shape index (κ1) is 21.4. The van der Waals surface area contributed by atoms with Gasteiger partial charge in [0.25, 0.3) is 0 Å². The van der Waals surface area contributed by atoms with Crippen LogP contribution in [0.3, 0.4) is 0 Å². The number of hydrogen-bond donors (Lipinski definition) is 0. The van der Waals surface area contributed by atoms with Gasteiger partial charge in [-0.2, -0.15) is 0 Å². The summed E-state index contributed by atoms with van der Waals surface area (Å²) in [5.74, 6) is 4.70. The second kappa shape index (κ2) is 8.00. The molecule has 40 heavy (non-hydrogen) atoms. The standard InChI is InChI=1S/C32H18N8/c1-2-10-18-17(9-1)25-33-26(18)38-28-21-13-5-6-14-22(21)30(35-28)40-32-24-16-8-7-15-23(24)31(36-32)39-29-20-12-4-3-11-19(20)27(34-29)37-25/h1-18H. The molecule has 1 aliphatic carbocycles. The lowest BCUT2D eigenvalue weighted by atomic mass is 9.89. The lowest BCUT2D eigenvalue weighted by Gasteiger charge is -2.15. The summed E-state index contributed by atoms with van der Waals surface area (Å²) >= 11 is 0. The highest BCUT2D eigenvalue weighted by Gasteiger charge is 2.37. The number of nitrogens with zero attached hydrogens (tertiary/aromatic N) is 8.